The zero-order valence-electron chi connectivity index (χ0n) is 14.7. The van der Waals surface area contributed by atoms with Gasteiger partial charge in [0.25, 0.3) is 5.56 Å². The van der Waals surface area contributed by atoms with Crippen molar-refractivity contribution in [3.05, 3.63) is 95.4 Å². The van der Waals surface area contributed by atoms with Gasteiger partial charge in [-0.1, -0.05) is 18.2 Å². The highest BCUT2D eigenvalue weighted by molar-refractivity contribution is 5.73. The average Bonchev–Trinajstić information content (AvgIpc) is 3.19. The summed E-state index contributed by atoms with van der Waals surface area (Å²) in [6, 6.07) is 10.6. The normalized spacial score (nSPS) is 11.3. The summed E-state index contributed by atoms with van der Waals surface area (Å²) in [7, 11) is 0. The molecule has 0 fully saturated rings. The van der Waals surface area contributed by atoms with Gasteiger partial charge in [-0.3, -0.25) is 14.3 Å². The van der Waals surface area contributed by atoms with Crippen molar-refractivity contribution in [3.8, 4) is 11.1 Å². The minimum absolute atomic E-state index is 0.107. The number of nitrogens with zero attached hydrogens (tertiary/aromatic N) is 5. The molecule has 7 heteroatoms. The smallest absolute Gasteiger partial charge is 0.269 e. The first-order valence-corrected chi connectivity index (χ1v) is 8.69. The lowest BCUT2D eigenvalue weighted by molar-refractivity contribution is 0.599. The van der Waals surface area contributed by atoms with E-state index in [1.54, 1.807) is 37.1 Å². The van der Waals surface area contributed by atoms with E-state index in [-0.39, 0.29) is 17.9 Å². The van der Waals surface area contributed by atoms with Crippen molar-refractivity contribution in [3.63, 3.8) is 0 Å². The van der Waals surface area contributed by atoms with E-state index >= 15 is 0 Å². The summed E-state index contributed by atoms with van der Waals surface area (Å²) in [6.45, 7) is 0.107. The zero-order valence-corrected chi connectivity index (χ0v) is 14.7. The number of halogens is 1. The van der Waals surface area contributed by atoms with E-state index in [1.165, 1.54) is 16.8 Å². The quantitative estimate of drug-likeness (QED) is 0.488. The summed E-state index contributed by atoms with van der Waals surface area (Å²) in [4.78, 5) is 24.5. The van der Waals surface area contributed by atoms with Crippen LogP contribution in [0.3, 0.4) is 0 Å². The summed E-state index contributed by atoms with van der Waals surface area (Å²) in [5.74, 6) is -0.371. The Kier molecular flexibility index (Phi) is 3.72. The monoisotopic (exact) mass is 371 g/mol. The molecule has 0 spiro atoms. The van der Waals surface area contributed by atoms with Gasteiger partial charge in [0, 0.05) is 18.0 Å². The maximum Gasteiger partial charge on any atom is 0.269 e. The summed E-state index contributed by atoms with van der Waals surface area (Å²) < 4.78 is 18.2. The molecule has 0 bridgehead atoms. The van der Waals surface area contributed by atoms with Crippen molar-refractivity contribution >= 4 is 16.6 Å². The Morgan fingerprint density at radius 2 is 1.86 bits per heavy atom. The van der Waals surface area contributed by atoms with Crippen molar-refractivity contribution in [2.75, 3.05) is 0 Å². The number of rotatable bonds is 3. The molecule has 5 rings (SSSR count). The molecule has 6 nitrogen and oxygen atoms in total. The second-order valence-corrected chi connectivity index (χ2v) is 6.50. The predicted molar refractivity (Wildman–Crippen MR) is 103 cm³/mol. The van der Waals surface area contributed by atoms with Crippen LogP contribution in [-0.4, -0.2) is 23.9 Å². The lowest BCUT2D eigenvalue weighted by Gasteiger charge is -2.11. The maximum absolute atomic E-state index is 14.8. The highest BCUT2D eigenvalue weighted by Crippen LogP contribution is 2.23. The van der Waals surface area contributed by atoms with Crippen LogP contribution < -0.4 is 5.56 Å². The minimum Gasteiger partial charge on any atom is -0.306 e. The zero-order chi connectivity index (χ0) is 19.1. The third-order valence-corrected chi connectivity index (χ3v) is 4.77. The molecule has 0 aliphatic carbocycles. The fourth-order valence-corrected chi connectivity index (χ4v) is 3.29. The van der Waals surface area contributed by atoms with Gasteiger partial charge in [0.1, 0.15) is 5.82 Å². The first kappa shape index (κ1) is 16.3. The van der Waals surface area contributed by atoms with Crippen molar-refractivity contribution in [2.24, 2.45) is 0 Å². The number of fused-ring (bicyclic) bond motifs is 2. The molecule has 0 radical (unpaired) electrons. The number of aromatic nitrogens is 5. The molecule has 0 aliphatic rings. The van der Waals surface area contributed by atoms with Gasteiger partial charge in [0.15, 0.2) is 0 Å². The topological polar surface area (TPSA) is 65.1 Å². The highest BCUT2D eigenvalue weighted by atomic mass is 19.1. The molecule has 0 amide bonds. The summed E-state index contributed by atoms with van der Waals surface area (Å²) >= 11 is 0. The molecule has 4 aromatic heterocycles. The summed E-state index contributed by atoms with van der Waals surface area (Å²) in [5, 5.41) is 0. The molecule has 136 valence electrons. The van der Waals surface area contributed by atoms with Crippen LogP contribution in [0.25, 0.3) is 27.7 Å². The van der Waals surface area contributed by atoms with Gasteiger partial charge >= 0.3 is 0 Å². The molecule has 4 heterocycles. The van der Waals surface area contributed by atoms with Crippen LogP contribution in [0.1, 0.15) is 5.56 Å². The average molecular weight is 371 g/mol. The minimum atomic E-state index is -0.371. The van der Waals surface area contributed by atoms with Crippen LogP contribution in [0, 0.1) is 5.82 Å². The van der Waals surface area contributed by atoms with Crippen LogP contribution in [0.2, 0.25) is 0 Å². The molecule has 0 atom stereocenters. The van der Waals surface area contributed by atoms with Gasteiger partial charge in [-0.05, 0) is 29.3 Å². The van der Waals surface area contributed by atoms with Crippen molar-refractivity contribution in [2.45, 2.75) is 6.54 Å². The number of imidazole rings is 1. The highest BCUT2D eigenvalue weighted by Gasteiger charge is 2.10. The molecule has 28 heavy (non-hydrogen) atoms. The Morgan fingerprint density at radius 3 is 2.75 bits per heavy atom. The Bertz CT molecular complexity index is 1390. The molecule has 0 aliphatic heterocycles. The van der Waals surface area contributed by atoms with Gasteiger partial charge in [0.2, 0.25) is 0 Å². The second kappa shape index (κ2) is 6.38. The Balaban J connectivity index is 1.54. The van der Waals surface area contributed by atoms with Gasteiger partial charge in [-0.15, -0.1) is 0 Å². The SMILES string of the molecule is O=c1cnc2ccncc2n1Cc1ccc(-c2ccc3cncn3c2)cc1F. The van der Waals surface area contributed by atoms with E-state index in [0.29, 0.717) is 16.6 Å². The standard InChI is InChI=1S/C21H14FN5O/c22-18-7-14(15-3-4-17-8-24-13-26(17)11-15)1-2-16(18)12-27-20-9-23-6-5-19(20)25-10-21(27)28/h1-11,13H,12H2. The van der Waals surface area contributed by atoms with Crippen LogP contribution in [0.4, 0.5) is 4.39 Å². The molecule has 0 saturated heterocycles. The van der Waals surface area contributed by atoms with Crippen LogP contribution >= 0.6 is 0 Å². The van der Waals surface area contributed by atoms with Crippen molar-refractivity contribution in [1.82, 2.24) is 23.9 Å². The Labute approximate surface area is 158 Å². The number of hydrogen-bond donors (Lipinski definition) is 0. The first-order valence-electron chi connectivity index (χ1n) is 8.69. The lowest BCUT2D eigenvalue weighted by Crippen LogP contribution is -2.21. The van der Waals surface area contributed by atoms with Crippen LogP contribution in [0.15, 0.2) is 78.5 Å². The van der Waals surface area contributed by atoms with E-state index in [2.05, 4.69) is 15.0 Å². The molecule has 5 aromatic rings. The molecular weight excluding hydrogens is 357 g/mol. The fraction of sp³-hybridized carbons (Fsp3) is 0.0476. The predicted octanol–water partition coefficient (Wildman–Crippen LogP) is 3.29. The third kappa shape index (κ3) is 2.73. The van der Waals surface area contributed by atoms with E-state index < -0.39 is 0 Å². The van der Waals surface area contributed by atoms with Gasteiger partial charge < -0.3 is 4.40 Å². The van der Waals surface area contributed by atoms with E-state index in [4.69, 9.17) is 0 Å². The van der Waals surface area contributed by atoms with E-state index in [9.17, 15) is 9.18 Å². The third-order valence-electron chi connectivity index (χ3n) is 4.77. The lowest BCUT2D eigenvalue weighted by atomic mass is 10.0. The van der Waals surface area contributed by atoms with Gasteiger partial charge in [0.05, 0.1) is 48.0 Å². The first-order chi connectivity index (χ1) is 13.7. The number of pyridine rings is 2. The fourth-order valence-electron chi connectivity index (χ4n) is 3.29. The molecule has 0 unspecified atom stereocenters. The molecule has 1 aromatic carbocycles. The number of hydrogen-bond acceptors (Lipinski definition) is 4. The Morgan fingerprint density at radius 1 is 0.964 bits per heavy atom. The Hall–Kier alpha value is -3.87. The molecule has 0 saturated carbocycles. The maximum atomic E-state index is 14.8. The summed E-state index contributed by atoms with van der Waals surface area (Å²) in [5.41, 5.74) is 3.94. The molecular formula is C21H14FN5O. The van der Waals surface area contributed by atoms with E-state index in [1.807, 2.05) is 28.8 Å². The van der Waals surface area contributed by atoms with Crippen LogP contribution in [-0.2, 0) is 6.54 Å². The van der Waals surface area contributed by atoms with Gasteiger partial charge in [-0.25, -0.2) is 14.4 Å². The van der Waals surface area contributed by atoms with Crippen molar-refractivity contribution in [1.29, 1.82) is 0 Å². The second-order valence-electron chi connectivity index (χ2n) is 6.50. The van der Waals surface area contributed by atoms with Gasteiger partial charge in [-0.2, -0.15) is 0 Å². The van der Waals surface area contributed by atoms with Crippen molar-refractivity contribution < 1.29 is 4.39 Å². The number of benzene rings is 1. The van der Waals surface area contributed by atoms with Crippen LogP contribution in [0.5, 0.6) is 0 Å². The van der Waals surface area contributed by atoms with E-state index in [0.717, 1.165) is 16.6 Å². The largest absolute Gasteiger partial charge is 0.306 e. The molecule has 0 N–H and O–H groups in total. The summed E-state index contributed by atoms with van der Waals surface area (Å²) in [6.07, 6.45) is 9.79.